The lowest BCUT2D eigenvalue weighted by Crippen LogP contribution is -2.50. The SMILES string of the molecule is CCCc1cnc(N2CCN(C(C)CCOc3ccc(C(=O)NC(CO)CO)c(F)c3)CC2)nc1.O=C(O)C(=O)O. The fourth-order valence-corrected chi connectivity index (χ4v) is 4.00. The molecule has 1 aliphatic rings. The number of amides is 1. The summed E-state index contributed by atoms with van der Waals surface area (Å²) in [6.07, 6.45) is 6.69. The van der Waals surface area contributed by atoms with E-state index in [0.717, 1.165) is 51.4 Å². The molecule has 1 saturated heterocycles. The lowest BCUT2D eigenvalue weighted by atomic mass is 10.1. The predicted octanol–water partition coefficient (Wildman–Crippen LogP) is 0.786. The summed E-state index contributed by atoms with van der Waals surface area (Å²) < 4.78 is 20.1. The van der Waals surface area contributed by atoms with Crippen LogP contribution in [-0.4, -0.2) is 111 Å². The minimum Gasteiger partial charge on any atom is -0.493 e. The second-order valence-corrected chi connectivity index (χ2v) is 9.44. The summed E-state index contributed by atoms with van der Waals surface area (Å²) in [6.45, 7) is 7.39. The number of rotatable bonds is 12. The predicted molar refractivity (Wildman–Crippen MR) is 146 cm³/mol. The Morgan fingerprint density at radius 2 is 1.66 bits per heavy atom. The van der Waals surface area contributed by atoms with Crippen LogP contribution in [0.1, 0.15) is 42.6 Å². The van der Waals surface area contributed by atoms with Gasteiger partial charge in [-0.2, -0.15) is 0 Å². The van der Waals surface area contributed by atoms with Crippen molar-refractivity contribution in [3.05, 3.63) is 47.5 Å². The molecule has 0 saturated carbocycles. The molecule has 2 heterocycles. The Bertz CT molecular complexity index is 1110. The molecular formula is C27H38FN5O8. The van der Waals surface area contributed by atoms with Crippen molar-refractivity contribution in [1.29, 1.82) is 0 Å². The lowest BCUT2D eigenvalue weighted by Gasteiger charge is -2.38. The molecule has 0 radical (unpaired) electrons. The van der Waals surface area contributed by atoms with E-state index in [4.69, 9.17) is 34.8 Å². The molecule has 1 atom stereocenters. The fourth-order valence-electron chi connectivity index (χ4n) is 4.00. The van der Waals surface area contributed by atoms with Crippen molar-refractivity contribution in [2.45, 2.75) is 45.2 Å². The number of nitrogens with one attached hydrogen (secondary N) is 1. The van der Waals surface area contributed by atoms with Crippen molar-refractivity contribution in [3.8, 4) is 5.75 Å². The summed E-state index contributed by atoms with van der Waals surface area (Å²) in [6, 6.07) is 3.52. The van der Waals surface area contributed by atoms with Gasteiger partial charge in [-0.05, 0) is 37.5 Å². The van der Waals surface area contributed by atoms with Gasteiger partial charge in [0, 0.05) is 50.7 Å². The summed E-state index contributed by atoms with van der Waals surface area (Å²) in [5.74, 6) is -3.94. The van der Waals surface area contributed by atoms with Gasteiger partial charge >= 0.3 is 11.9 Å². The number of aliphatic carboxylic acids is 2. The van der Waals surface area contributed by atoms with Crippen LogP contribution in [0, 0.1) is 5.82 Å². The van der Waals surface area contributed by atoms with Crippen LogP contribution in [0.4, 0.5) is 10.3 Å². The lowest BCUT2D eigenvalue weighted by molar-refractivity contribution is -0.159. The maximum atomic E-state index is 14.4. The number of anilines is 1. The van der Waals surface area contributed by atoms with Crippen molar-refractivity contribution in [2.24, 2.45) is 0 Å². The van der Waals surface area contributed by atoms with Gasteiger partial charge in [0.25, 0.3) is 5.91 Å². The molecule has 3 rings (SSSR count). The summed E-state index contributed by atoms with van der Waals surface area (Å²) in [7, 11) is 0. The van der Waals surface area contributed by atoms with Gasteiger partial charge in [0.15, 0.2) is 0 Å². The number of piperazine rings is 1. The summed E-state index contributed by atoms with van der Waals surface area (Å²) in [5, 5.41) is 35.3. The Morgan fingerprint density at radius 3 is 2.17 bits per heavy atom. The maximum absolute atomic E-state index is 14.4. The Balaban J connectivity index is 0.000000883. The summed E-state index contributed by atoms with van der Waals surface area (Å²) in [5.41, 5.74) is 0.998. The van der Waals surface area contributed by atoms with Gasteiger partial charge in [-0.25, -0.2) is 23.9 Å². The van der Waals surface area contributed by atoms with E-state index in [1.807, 2.05) is 12.4 Å². The monoisotopic (exact) mass is 579 g/mol. The normalized spacial score (nSPS) is 14.1. The number of carbonyl (C=O) groups excluding carboxylic acids is 1. The van der Waals surface area contributed by atoms with Crippen molar-refractivity contribution in [3.63, 3.8) is 0 Å². The number of carbonyl (C=O) groups is 3. The number of halogens is 1. The molecule has 1 amide bonds. The largest absolute Gasteiger partial charge is 0.493 e. The first-order valence-electron chi connectivity index (χ1n) is 13.3. The molecule has 1 aromatic heterocycles. The first-order chi connectivity index (χ1) is 19.6. The van der Waals surface area contributed by atoms with E-state index in [0.29, 0.717) is 18.4 Å². The third-order valence-electron chi connectivity index (χ3n) is 6.40. The Morgan fingerprint density at radius 1 is 1.05 bits per heavy atom. The molecule has 1 aromatic carbocycles. The molecular weight excluding hydrogens is 541 g/mol. The van der Waals surface area contributed by atoms with Crippen molar-refractivity contribution in [2.75, 3.05) is 50.9 Å². The third-order valence-corrected chi connectivity index (χ3v) is 6.40. The van der Waals surface area contributed by atoms with E-state index >= 15 is 0 Å². The van der Waals surface area contributed by atoms with Crippen LogP contribution in [0.2, 0.25) is 0 Å². The highest BCUT2D eigenvalue weighted by Gasteiger charge is 2.23. The molecule has 41 heavy (non-hydrogen) atoms. The molecule has 0 aliphatic carbocycles. The van der Waals surface area contributed by atoms with Gasteiger partial charge < -0.3 is 35.4 Å². The molecule has 1 fully saturated rings. The quantitative estimate of drug-likeness (QED) is 0.223. The van der Waals surface area contributed by atoms with E-state index in [1.165, 1.54) is 17.7 Å². The minimum atomic E-state index is -1.82. The number of ether oxygens (including phenoxy) is 1. The zero-order valence-electron chi connectivity index (χ0n) is 23.2. The van der Waals surface area contributed by atoms with Crippen LogP contribution < -0.4 is 15.0 Å². The van der Waals surface area contributed by atoms with E-state index in [9.17, 15) is 9.18 Å². The number of aryl methyl sites for hydroxylation is 1. The zero-order chi connectivity index (χ0) is 30.4. The van der Waals surface area contributed by atoms with Gasteiger partial charge in [0.05, 0.1) is 31.4 Å². The first kappa shape index (κ1) is 33.3. The molecule has 1 unspecified atom stereocenters. The van der Waals surface area contributed by atoms with E-state index in [-0.39, 0.29) is 5.56 Å². The first-order valence-corrected chi connectivity index (χ1v) is 13.3. The number of nitrogens with zero attached hydrogens (tertiary/aromatic N) is 4. The number of aromatic nitrogens is 2. The number of carboxylic acid groups (broad SMARTS) is 2. The number of hydrogen-bond acceptors (Lipinski definition) is 10. The highest BCUT2D eigenvalue weighted by molar-refractivity contribution is 6.27. The van der Waals surface area contributed by atoms with Crippen molar-refractivity contribution >= 4 is 23.8 Å². The summed E-state index contributed by atoms with van der Waals surface area (Å²) >= 11 is 0. The van der Waals surface area contributed by atoms with Crippen molar-refractivity contribution < 1.29 is 43.9 Å². The average molecular weight is 580 g/mol. The summed E-state index contributed by atoms with van der Waals surface area (Å²) in [4.78, 5) is 44.0. The molecule has 226 valence electrons. The van der Waals surface area contributed by atoms with E-state index in [1.54, 1.807) is 6.07 Å². The Hall–Kier alpha value is -3.88. The van der Waals surface area contributed by atoms with Gasteiger partial charge in [-0.1, -0.05) is 13.3 Å². The van der Waals surface area contributed by atoms with Gasteiger partial charge in [0.1, 0.15) is 11.6 Å². The number of aliphatic hydroxyl groups excluding tert-OH is 2. The molecule has 5 N–H and O–H groups in total. The Labute approximate surface area is 237 Å². The van der Waals surface area contributed by atoms with Crippen LogP contribution >= 0.6 is 0 Å². The standard InChI is InChI=1S/C25H36FN5O4.C2H2O4/c1-3-4-19-14-27-25(28-15-19)31-10-8-30(9-11-31)18(2)7-12-35-21-5-6-22(23(26)13-21)24(34)29-20(16-32)17-33;3-1(4)2(5)6/h5-6,13-15,18,20,32-33H,3-4,7-12,16-17H2,1-2H3,(H,29,34);(H,3,4)(H,5,6). The minimum absolute atomic E-state index is 0.167. The van der Waals surface area contributed by atoms with Gasteiger partial charge in [-0.15, -0.1) is 0 Å². The molecule has 0 bridgehead atoms. The van der Waals surface area contributed by atoms with E-state index in [2.05, 4.69) is 38.9 Å². The van der Waals surface area contributed by atoms with E-state index < -0.39 is 42.9 Å². The number of hydrogen-bond donors (Lipinski definition) is 5. The highest BCUT2D eigenvalue weighted by atomic mass is 19.1. The molecule has 14 heteroatoms. The number of aliphatic hydroxyl groups is 2. The third kappa shape index (κ3) is 10.9. The maximum Gasteiger partial charge on any atom is 0.414 e. The fraction of sp³-hybridized carbons (Fsp3) is 0.519. The van der Waals surface area contributed by atoms with Crippen LogP contribution in [0.5, 0.6) is 5.75 Å². The topological polar surface area (TPSA) is 186 Å². The zero-order valence-corrected chi connectivity index (χ0v) is 23.2. The number of carboxylic acids is 2. The van der Waals surface area contributed by atoms with Crippen LogP contribution in [-0.2, 0) is 16.0 Å². The smallest absolute Gasteiger partial charge is 0.414 e. The second kappa shape index (κ2) is 17.0. The molecule has 1 aliphatic heterocycles. The van der Waals surface area contributed by atoms with Crippen LogP contribution in [0.3, 0.4) is 0 Å². The average Bonchev–Trinajstić information content (AvgIpc) is 2.96. The van der Waals surface area contributed by atoms with Gasteiger partial charge in [0.2, 0.25) is 5.95 Å². The Kier molecular flexibility index (Phi) is 13.9. The van der Waals surface area contributed by atoms with Crippen LogP contribution in [0.25, 0.3) is 0 Å². The van der Waals surface area contributed by atoms with Gasteiger partial charge in [-0.3, -0.25) is 9.69 Å². The molecule has 0 spiro atoms. The van der Waals surface area contributed by atoms with Crippen LogP contribution in [0.15, 0.2) is 30.6 Å². The highest BCUT2D eigenvalue weighted by Crippen LogP contribution is 2.19. The molecule has 13 nitrogen and oxygen atoms in total. The number of benzene rings is 1. The van der Waals surface area contributed by atoms with Crippen molar-refractivity contribution in [1.82, 2.24) is 20.2 Å². The second-order valence-electron chi connectivity index (χ2n) is 9.44. The molecule has 2 aromatic rings.